The highest BCUT2D eigenvalue weighted by Gasteiger charge is 2.11. The van der Waals surface area contributed by atoms with Gasteiger partial charge in [0.1, 0.15) is 0 Å². The van der Waals surface area contributed by atoms with E-state index in [4.69, 9.17) is 11.6 Å². The first-order chi connectivity index (χ1) is 10.6. The van der Waals surface area contributed by atoms with E-state index in [2.05, 4.69) is 5.32 Å². The van der Waals surface area contributed by atoms with E-state index >= 15 is 0 Å². The average Bonchev–Trinajstić information content (AvgIpc) is 2.55. The molecule has 0 saturated carbocycles. The van der Waals surface area contributed by atoms with Crippen molar-refractivity contribution < 1.29 is 4.79 Å². The summed E-state index contributed by atoms with van der Waals surface area (Å²) in [6.45, 7) is 1.96. The van der Waals surface area contributed by atoms with Crippen LogP contribution in [-0.2, 0) is 0 Å². The quantitative estimate of drug-likeness (QED) is 0.726. The highest BCUT2D eigenvalue weighted by molar-refractivity contribution is 6.30. The van der Waals surface area contributed by atoms with Gasteiger partial charge in [-0.25, -0.2) is 0 Å². The molecule has 1 atom stereocenters. The first-order valence-corrected chi connectivity index (χ1v) is 7.56. The van der Waals surface area contributed by atoms with Crippen molar-refractivity contribution in [3.05, 3.63) is 82.9 Å². The van der Waals surface area contributed by atoms with Gasteiger partial charge in [0.15, 0.2) is 0 Å². The largest absolute Gasteiger partial charge is 0.346 e. The first-order valence-electron chi connectivity index (χ1n) is 7.18. The van der Waals surface area contributed by atoms with Gasteiger partial charge in [-0.05, 0) is 47.5 Å². The lowest BCUT2D eigenvalue weighted by atomic mass is 10.1. The number of carbonyl (C=O) groups excluding carboxylic acids is 1. The SMILES string of the molecule is C[C@H](NC(=O)c1ccc2ccccc2c1)c1ccc(Cl)cc1. The normalized spacial score (nSPS) is 12.1. The number of amides is 1. The van der Waals surface area contributed by atoms with Crippen molar-refractivity contribution in [2.75, 3.05) is 0 Å². The summed E-state index contributed by atoms with van der Waals surface area (Å²) in [4.78, 5) is 12.4. The lowest BCUT2D eigenvalue weighted by Crippen LogP contribution is -2.26. The minimum atomic E-state index is -0.0757. The fourth-order valence-corrected chi connectivity index (χ4v) is 2.57. The van der Waals surface area contributed by atoms with Gasteiger partial charge >= 0.3 is 0 Å². The molecule has 3 aromatic rings. The number of halogens is 1. The van der Waals surface area contributed by atoms with Crippen LogP contribution in [0.4, 0.5) is 0 Å². The number of hydrogen-bond acceptors (Lipinski definition) is 1. The maximum atomic E-state index is 12.4. The van der Waals surface area contributed by atoms with Crippen LogP contribution in [0, 0.1) is 0 Å². The molecule has 3 heteroatoms. The van der Waals surface area contributed by atoms with E-state index in [-0.39, 0.29) is 11.9 Å². The Hall–Kier alpha value is -2.32. The first kappa shape index (κ1) is 14.6. The van der Waals surface area contributed by atoms with Crippen molar-refractivity contribution in [2.45, 2.75) is 13.0 Å². The van der Waals surface area contributed by atoms with E-state index in [0.717, 1.165) is 16.3 Å². The van der Waals surface area contributed by atoms with Crippen LogP contribution >= 0.6 is 11.6 Å². The number of rotatable bonds is 3. The summed E-state index contributed by atoms with van der Waals surface area (Å²) in [6, 6.07) is 21.2. The zero-order valence-electron chi connectivity index (χ0n) is 12.2. The Morgan fingerprint density at radius 2 is 1.64 bits per heavy atom. The molecule has 0 aliphatic rings. The Morgan fingerprint density at radius 3 is 2.36 bits per heavy atom. The summed E-state index contributed by atoms with van der Waals surface area (Å²) in [5.74, 6) is -0.0757. The van der Waals surface area contributed by atoms with Gasteiger partial charge < -0.3 is 5.32 Å². The van der Waals surface area contributed by atoms with Gasteiger partial charge in [-0.2, -0.15) is 0 Å². The Balaban J connectivity index is 1.79. The van der Waals surface area contributed by atoms with Gasteiger partial charge in [0.25, 0.3) is 5.91 Å². The minimum Gasteiger partial charge on any atom is -0.346 e. The van der Waals surface area contributed by atoms with Crippen LogP contribution in [0.15, 0.2) is 66.7 Å². The summed E-state index contributed by atoms with van der Waals surface area (Å²) >= 11 is 5.89. The summed E-state index contributed by atoms with van der Waals surface area (Å²) < 4.78 is 0. The van der Waals surface area contributed by atoms with E-state index in [0.29, 0.717) is 10.6 Å². The molecule has 0 aromatic heterocycles. The summed E-state index contributed by atoms with van der Waals surface area (Å²) in [6.07, 6.45) is 0. The monoisotopic (exact) mass is 309 g/mol. The molecule has 3 aromatic carbocycles. The number of hydrogen-bond donors (Lipinski definition) is 1. The second-order valence-electron chi connectivity index (χ2n) is 5.31. The lowest BCUT2D eigenvalue weighted by molar-refractivity contribution is 0.0940. The highest BCUT2D eigenvalue weighted by Crippen LogP contribution is 2.18. The van der Waals surface area contributed by atoms with Crippen LogP contribution in [0.5, 0.6) is 0 Å². The van der Waals surface area contributed by atoms with Crippen LogP contribution in [0.25, 0.3) is 10.8 Å². The van der Waals surface area contributed by atoms with Gasteiger partial charge in [0.05, 0.1) is 6.04 Å². The Kier molecular flexibility index (Phi) is 4.12. The van der Waals surface area contributed by atoms with Crippen LogP contribution < -0.4 is 5.32 Å². The molecule has 0 aliphatic carbocycles. The van der Waals surface area contributed by atoms with Gasteiger partial charge in [-0.1, -0.05) is 54.1 Å². The molecule has 0 heterocycles. The minimum absolute atomic E-state index is 0.0729. The smallest absolute Gasteiger partial charge is 0.251 e. The molecular weight excluding hydrogens is 294 g/mol. The second-order valence-corrected chi connectivity index (χ2v) is 5.75. The van der Waals surface area contributed by atoms with Crippen molar-refractivity contribution in [1.82, 2.24) is 5.32 Å². The maximum absolute atomic E-state index is 12.4. The van der Waals surface area contributed by atoms with Crippen molar-refractivity contribution in [3.8, 4) is 0 Å². The van der Waals surface area contributed by atoms with Crippen molar-refractivity contribution in [3.63, 3.8) is 0 Å². The number of nitrogens with one attached hydrogen (secondary N) is 1. The lowest BCUT2D eigenvalue weighted by Gasteiger charge is -2.14. The maximum Gasteiger partial charge on any atom is 0.251 e. The second kappa shape index (κ2) is 6.20. The molecule has 0 radical (unpaired) electrons. The van der Waals surface area contributed by atoms with Crippen molar-refractivity contribution in [2.24, 2.45) is 0 Å². The van der Waals surface area contributed by atoms with Crippen LogP contribution in [-0.4, -0.2) is 5.91 Å². The molecule has 3 rings (SSSR count). The van der Waals surface area contributed by atoms with E-state index in [1.807, 2.05) is 73.7 Å². The number of benzene rings is 3. The third-order valence-electron chi connectivity index (χ3n) is 3.73. The van der Waals surface area contributed by atoms with Crippen LogP contribution in [0.3, 0.4) is 0 Å². The zero-order valence-corrected chi connectivity index (χ0v) is 13.0. The van der Waals surface area contributed by atoms with Gasteiger partial charge in [-0.15, -0.1) is 0 Å². The molecule has 0 aliphatic heterocycles. The van der Waals surface area contributed by atoms with E-state index in [1.165, 1.54) is 0 Å². The van der Waals surface area contributed by atoms with Crippen LogP contribution in [0.2, 0.25) is 5.02 Å². The van der Waals surface area contributed by atoms with E-state index < -0.39 is 0 Å². The van der Waals surface area contributed by atoms with Crippen molar-refractivity contribution >= 4 is 28.3 Å². The molecule has 1 amide bonds. The summed E-state index contributed by atoms with van der Waals surface area (Å²) in [7, 11) is 0. The average molecular weight is 310 g/mol. The van der Waals surface area contributed by atoms with Gasteiger partial charge in [-0.3, -0.25) is 4.79 Å². The third kappa shape index (κ3) is 3.12. The Morgan fingerprint density at radius 1 is 0.955 bits per heavy atom. The number of fused-ring (bicyclic) bond motifs is 1. The van der Waals surface area contributed by atoms with Crippen LogP contribution in [0.1, 0.15) is 28.9 Å². The van der Waals surface area contributed by atoms with E-state index in [9.17, 15) is 4.79 Å². The molecule has 0 bridgehead atoms. The molecular formula is C19H16ClNO. The molecule has 2 nitrogen and oxygen atoms in total. The number of carbonyl (C=O) groups is 1. The molecule has 0 saturated heterocycles. The molecule has 110 valence electrons. The highest BCUT2D eigenvalue weighted by atomic mass is 35.5. The fraction of sp³-hybridized carbons (Fsp3) is 0.105. The van der Waals surface area contributed by atoms with Crippen molar-refractivity contribution in [1.29, 1.82) is 0 Å². The topological polar surface area (TPSA) is 29.1 Å². The predicted molar refractivity (Wildman–Crippen MR) is 91.3 cm³/mol. The van der Waals surface area contributed by atoms with Gasteiger partial charge in [0.2, 0.25) is 0 Å². The van der Waals surface area contributed by atoms with Gasteiger partial charge in [0, 0.05) is 10.6 Å². The summed E-state index contributed by atoms with van der Waals surface area (Å²) in [5, 5.41) is 5.90. The Bertz CT molecular complexity index is 811. The fourth-order valence-electron chi connectivity index (χ4n) is 2.45. The summed E-state index contributed by atoms with van der Waals surface area (Å²) in [5.41, 5.74) is 1.69. The molecule has 1 N–H and O–H groups in total. The predicted octanol–water partition coefficient (Wildman–Crippen LogP) is 4.98. The molecule has 0 spiro atoms. The third-order valence-corrected chi connectivity index (χ3v) is 3.98. The standard InChI is InChI=1S/C19H16ClNO/c1-13(14-8-10-18(20)11-9-14)21-19(22)17-7-6-15-4-2-3-5-16(15)12-17/h2-13H,1H3,(H,21,22)/t13-/m0/s1. The molecule has 22 heavy (non-hydrogen) atoms. The molecule has 0 unspecified atom stereocenters. The Labute approximate surface area is 134 Å². The molecule has 0 fully saturated rings. The van der Waals surface area contributed by atoms with E-state index in [1.54, 1.807) is 0 Å². The zero-order chi connectivity index (χ0) is 15.5.